The summed E-state index contributed by atoms with van der Waals surface area (Å²) in [5.41, 5.74) is 0. The zero-order valence-corrected chi connectivity index (χ0v) is 10.3. The van der Waals surface area contributed by atoms with E-state index in [0.29, 0.717) is 12.3 Å². The molecule has 0 unspecified atom stereocenters. The topological polar surface area (TPSA) is 68.3 Å². The van der Waals surface area contributed by atoms with Crippen LogP contribution in [0.2, 0.25) is 0 Å². The molecule has 0 aliphatic carbocycles. The Morgan fingerprint density at radius 2 is 2.12 bits per heavy atom. The number of hydrogen-bond donors (Lipinski definition) is 1. The van der Waals surface area contributed by atoms with Crippen LogP contribution in [0, 0.1) is 0 Å². The molecule has 1 rings (SSSR count). The average Bonchev–Trinajstić information content (AvgIpc) is 2.37. The number of carbonyl (C=O) groups excluding carboxylic acids is 2. The van der Waals surface area contributed by atoms with Crippen LogP contribution in [-0.2, 0) is 14.3 Å². The fraction of sp³-hybridized carbons (Fsp3) is 0.364. The normalized spacial score (nSPS) is 9.71. The van der Waals surface area contributed by atoms with Crippen molar-refractivity contribution < 1.29 is 14.3 Å². The third-order valence-electron chi connectivity index (χ3n) is 1.90. The van der Waals surface area contributed by atoms with Crippen molar-refractivity contribution in [1.29, 1.82) is 0 Å². The second kappa shape index (κ2) is 7.67. The van der Waals surface area contributed by atoms with Crippen LogP contribution in [0.3, 0.4) is 0 Å². The molecule has 5 nitrogen and oxygen atoms in total. The van der Waals surface area contributed by atoms with Crippen LogP contribution in [0.1, 0.15) is 6.42 Å². The number of methoxy groups -OCH3 is 1. The second-order valence-corrected chi connectivity index (χ2v) is 4.20. The smallest absolute Gasteiger partial charge is 0.307 e. The molecular weight excluding hydrogens is 240 g/mol. The zero-order chi connectivity index (χ0) is 12.5. The summed E-state index contributed by atoms with van der Waals surface area (Å²) >= 11 is 1.42. The van der Waals surface area contributed by atoms with Gasteiger partial charge in [-0.25, -0.2) is 0 Å². The molecule has 17 heavy (non-hydrogen) atoms. The molecule has 0 aliphatic rings. The number of hydrogen-bond acceptors (Lipinski definition) is 5. The largest absolute Gasteiger partial charge is 0.469 e. The Morgan fingerprint density at radius 3 is 2.76 bits per heavy atom. The van der Waals surface area contributed by atoms with Crippen molar-refractivity contribution in [3.8, 4) is 0 Å². The molecule has 92 valence electrons. The molecule has 1 heterocycles. The van der Waals surface area contributed by atoms with Gasteiger partial charge in [-0.05, 0) is 12.1 Å². The minimum atomic E-state index is -0.327. The van der Waals surface area contributed by atoms with Gasteiger partial charge >= 0.3 is 5.97 Å². The third-order valence-corrected chi connectivity index (χ3v) is 2.91. The van der Waals surface area contributed by atoms with Gasteiger partial charge in [-0.3, -0.25) is 14.6 Å². The minimum absolute atomic E-state index is 0.101. The zero-order valence-electron chi connectivity index (χ0n) is 9.51. The van der Waals surface area contributed by atoms with E-state index in [1.165, 1.54) is 18.9 Å². The standard InChI is InChI=1S/C11H14N2O3S/c1-16-11(15)4-7-13-10(14)8-17-9-2-5-12-6-3-9/h2-3,5-6H,4,7-8H2,1H3,(H,13,14). The van der Waals surface area contributed by atoms with E-state index in [0.717, 1.165) is 4.90 Å². The monoisotopic (exact) mass is 254 g/mol. The number of esters is 1. The van der Waals surface area contributed by atoms with E-state index in [-0.39, 0.29) is 18.3 Å². The molecule has 0 spiro atoms. The fourth-order valence-corrected chi connectivity index (χ4v) is 1.75. The lowest BCUT2D eigenvalue weighted by molar-refractivity contribution is -0.140. The Kier molecular flexibility index (Phi) is 6.09. The summed E-state index contributed by atoms with van der Waals surface area (Å²) in [6.45, 7) is 0.308. The number of nitrogens with zero attached hydrogens (tertiary/aromatic N) is 1. The number of pyridine rings is 1. The van der Waals surface area contributed by atoms with Gasteiger partial charge in [0.05, 0.1) is 19.3 Å². The van der Waals surface area contributed by atoms with Crippen LogP contribution < -0.4 is 5.32 Å². The van der Waals surface area contributed by atoms with Crippen molar-refractivity contribution in [3.05, 3.63) is 24.5 Å². The van der Waals surface area contributed by atoms with Crippen LogP contribution >= 0.6 is 11.8 Å². The highest BCUT2D eigenvalue weighted by Gasteiger charge is 2.04. The van der Waals surface area contributed by atoms with Crippen LogP contribution in [0.15, 0.2) is 29.4 Å². The van der Waals surface area contributed by atoms with E-state index in [1.54, 1.807) is 12.4 Å². The molecule has 0 aliphatic heterocycles. The maximum atomic E-state index is 11.4. The van der Waals surface area contributed by atoms with Crippen molar-refractivity contribution >= 4 is 23.6 Å². The first kappa shape index (κ1) is 13.5. The van der Waals surface area contributed by atoms with Gasteiger partial charge < -0.3 is 10.1 Å². The summed E-state index contributed by atoms with van der Waals surface area (Å²) in [6.07, 6.45) is 3.55. The van der Waals surface area contributed by atoms with Crippen molar-refractivity contribution in [2.24, 2.45) is 0 Å². The van der Waals surface area contributed by atoms with E-state index < -0.39 is 0 Å². The van der Waals surface area contributed by atoms with Gasteiger partial charge in [0.25, 0.3) is 0 Å². The summed E-state index contributed by atoms with van der Waals surface area (Å²) < 4.78 is 4.46. The quantitative estimate of drug-likeness (QED) is 0.602. The van der Waals surface area contributed by atoms with Gasteiger partial charge in [-0.1, -0.05) is 0 Å². The number of aromatic nitrogens is 1. The molecule has 6 heteroatoms. The molecule has 0 radical (unpaired) electrons. The number of amides is 1. The third kappa shape index (κ3) is 5.91. The average molecular weight is 254 g/mol. The van der Waals surface area contributed by atoms with E-state index in [2.05, 4.69) is 15.0 Å². The Balaban J connectivity index is 2.16. The fourth-order valence-electron chi connectivity index (χ4n) is 1.04. The molecule has 0 saturated carbocycles. The number of thioether (sulfide) groups is 1. The maximum Gasteiger partial charge on any atom is 0.307 e. The van der Waals surface area contributed by atoms with Crippen molar-refractivity contribution in [3.63, 3.8) is 0 Å². The van der Waals surface area contributed by atoms with Crippen LogP contribution in [0.5, 0.6) is 0 Å². The van der Waals surface area contributed by atoms with Crippen molar-refractivity contribution in [2.75, 3.05) is 19.4 Å². The van der Waals surface area contributed by atoms with Gasteiger partial charge in [0.1, 0.15) is 0 Å². The van der Waals surface area contributed by atoms with Crippen LogP contribution in [-0.4, -0.2) is 36.3 Å². The van der Waals surface area contributed by atoms with Crippen molar-refractivity contribution in [1.82, 2.24) is 10.3 Å². The van der Waals surface area contributed by atoms with E-state index in [4.69, 9.17) is 0 Å². The Labute approximate surface area is 104 Å². The highest BCUT2D eigenvalue weighted by molar-refractivity contribution is 8.00. The second-order valence-electron chi connectivity index (χ2n) is 3.15. The lowest BCUT2D eigenvalue weighted by atomic mass is 10.4. The molecule has 0 aromatic carbocycles. The number of nitrogens with one attached hydrogen (secondary N) is 1. The molecule has 1 aromatic heterocycles. The van der Waals surface area contributed by atoms with Gasteiger partial charge in [0, 0.05) is 23.8 Å². The van der Waals surface area contributed by atoms with E-state index in [1.807, 2.05) is 12.1 Å². The summed E-state index contributed by atoms with van der Waals surface area (Å²) in [5.74, 6) is -0.103. The molecular formula is C11H14N2O3S. The summed E-state index contributed by atoms with van der Waals surface area (Å²) in [4.78, 5) is 27.0. The number of ether oxygens (including phenoxy) is 1. The predicted octanol–water partition coefficient (Wildman–Crippen LogP) is 0.853. The lowest BCUT2D eigenvalue weighted by Crippen LogP contribution is -2.27. The lowest BCUT2D eigenvalue weighted by Gasteiger charge is -2.04. The predicted molar refractivity (Wildman–Crippen MR) is 64.6 cm³/mol. The summed E-state index contributed by atoms with van der Waals surface area (Å²) in [6, 6.07) is 3.68. The minimum Gasteiger partial charge on any atom is -0.469 e. The maximum absolute atomic E-state index is 11.4. The Bertz CT molecular complexity index is 370. The summed E-state index contributed by atoms with van der Waals surface area (Å²) in [7, 11) is 1.32. The van der Waals surface area contributed by atoms with Crippen LogP contribution in [0.25, 0.3) is 0 Å². The summed E-state index contributed by atoms with van der Waals surface area (Å²) in [5, 5.41) is 2.64. The SMILES string of the molecule is COC(=O)CCNC(=O)CSc1ccncc1. The van der Waals surface area contributed by atoms with Gasteiger partial charge in [0.2, 0.25) is 5.91 Å². The first-order valence-electron chi connectivity index (χ1n) is 5.08. The van der Waals surface area contributed by atoms with E-state index >= 15 is 0 Å². The van der Waals surface area contributed by atoms with E-state index in [9.17, 15) is 9.59 Å². The highest BCUT2D eigenvalue weighted by atomic mass is 32.2. The van der Waals surface area contributed by atoms with Gasteiger partial charge in [0.15, 0.2) is 0 Å². The molecule has 0 atom stereocenters. The molecule has 1 amide bonds. The van der Waals surface area contributed by atoms with Gasteiger partial charge in [-0.2, -0.15) is 0 Å². The first-order valence-corrected chi connectivity index (χ1v) is 6.07. The highest BCUT2D eigenvalue weighted by Crippen LogP contribution is 2.15. The van der Waals surface area contributed by atoms with Crippen molar-refractivity contribution in [2.45, 2.75) is 11.3 Å². The Morgan fingerprint density at radius 1 is 1.41 bits per heavy atom. The molecule has 0 fully saturated rings. The first-order chi connectivity index (χ1) is 8.22. The Hall–Kier alpha value is -1.56. The molecule has 1 N–H and O–H groups in total. The van der Waals surface area contributed by atoms with Gasteiger partial charge in [-0.15, -0.1) is 11.8 Å². The number of rotatable bonds is 6. The molecule has 0 bridgehead atoms. The van der Waals surface area contributed by atoms with Crippen LogP contribution in [0.4, 0.5) is 0 Å². The molecule has 0 saturated heterocycles. The molecule has 1 aromatic rings. The number of carbonyl (C=O) groups is 2.